The first-order chi connectivity index (χ1) is 16.2. The third kappa shape index (κ3) is 3.96. The number of nitrogens with one attached hydrogen (secondary N) is 1. The summed E-state index contributed by atoms with van der Waals surface area (Å²) < 4.78 is 23.0. The molecule has 10 heteroatoms. The van der Waals surface area contributed by atoms with Crippen LogP contribution in [-0.2, 0) is 6.54 Å². The number of aromatic nitrogens is 4. The normalized spacial score (nSPS) is 19.6. The third-order valence-electron chi connectivity index (χ3n) is 6.18. The van der Waals surface area contributed by atoms with Gasteiger partial charge < -0.3 is 15.2 Å². The summed E-state index contributed by atoms with van der Waals surface area (Å²) in [6, 6.07) is 9.75. The third-order valence-corrected chi connectivity index (χ3v) is 6.47. The molecular weight excluding hydrogens is 461 g/mol. The summed E-state index contributed by atoms with van der Waals surface area (Å²) in [5.41, 5.74) is 0.626. The van der Waals surface area contributed by atoms with Gasteiger partial charge in [0.25, 0.3) is 5.56 Å². The molecule has 1 aliphatic rings. The van der Waals surface area contributed by atoms with Crippen molar-refractivity contribution in [1.82, 2.24) is 24.6 Å². The number of aliphatic hydroxyl groups is 1. The Balaban J connectivity index is 1.48. The van der Waals surface area contributed by atoms with Crippen molar-refractivity contribution in [3.05, 3.63) is 81.7 Å². The molecule has 2 N–H and O–H groups in total. The van der Waals surface area contributed by atoms with Crippen LogP contribution in [0.2, 0.25) is 5.02 Å². The molecule has 0 aliphatic carbocycles. The quantitative estimate of drug-likeness (QED) is 0.453. The van der Waals surface area contributed by atoms with Gasteiger partial charge in [0.1, 0.15) is 18.0 Å². The SMILES string of the molecule is CC1(C)NC[C@H](Oc2cc(-n3ccc4c(cnn4Cc4ccccc4F)c3=O)c(Cl)cn2)[C@@H]1O. The average molecular weight is 484 g/mol. The van der Waals surface area contributed by atoms with E-state index in [1.54, 1.807) is 41.2 Å². The minimum Gasteiger partial charge on any atom is -0.470 e. The Morgan fingerprint density at radius 2 is 2.09 bits per heavy atom. The van der Waals surface area contributed by atoms with Crippen LogP contribution in [0.25, 0.3) is 16.6 Å². The van der Waals surface area contributed by atoms with Crippen molar-refractivity contribution in [3.8, 4) is 11.6 Å². The van der Waals surface area contributed by atoms with Crippen LogP contribution in [0.4, 0.5) is 4.39 Å². The molecule has 3 aromatic heterocycles. The molecule has 8 nitrogen and oxygen atoms in total. The number of hydrogen-bond donors (Lipinski definition) is 2. The fraction of sp³-hybridized carbons (Fsp3) is 0.292. The van der Waals surface area contributed by atoms with E-state index in [4.69, 9.17) is 16.3 Å². The summed E-state index contributed by atoms with van der Waals surface area (Å²) in [6.45, 7) is 4.44. The lowest BCUT2D eigenvalue weighted by molar-refractivity contribution is 0.0319. The highest BCUT2D eigenvalue weighted by atomic mass is 35.5. The van der Waals surface area contributed by atoms with Gasteiger partial charge in [0.05, 0.1) is 40.6 Å². The Bertz CT molecular complexity index is 1430. The van der Waals surface area contributed by atoms with E-state index >= 15 is 0 Å². The van der Waals surface area contributed by atoms with Crippen molar-refractivity contribution < 1.29 is 14.2 Å². The second kappa shape index (κ2) is 8.50. The van der Waals surface area contributed by atoms with Crippen molar-refractivity contribution in [3.63, 3.8) is 0 Å². The van der Waals surface area contributed by atoms with Crippen molar-refractivity contribution in [2.45, 2.75) is 38.1 Å². The molecule has 0 unspecified atom stereocenters. The molecule has 0 amide bonds. The molecule has 0 saturated carbocycles. The van der Waals surface area contributed by atoms with Gasteiger partial charge in [-0.05, 0) is 26.0 Å². The van der Waals surface area contributed by atoms with Gasteiger partial charge in [0, 0.05) is 29.9 Å². The first kappa shape index (κ1) is 22.5. The minimum absolute atomic E-state index is 0.196. The summed E-state index contributed by atoms with van der Waals surface area (Å²) >= 11 is 6.37. The van der Waals surface area contributed by atoms with Crippen molar-refractivity contribution in [2.24, 2.45) is 0 Å². The predicted octanol–water partition coefficient (Wildman–Crippen LogP) is 2.91. The summed E-state index contributed by atoms with van der Waals surface area (Å²) in [4.78, 5) is 17.5. The number of fused-ring (bicyclic) bond motifs is 1. The molecule has 0 spiro atoms. The Labute approximate surface area is 199 Å². The van der Waals surface area contributed by atoms with Gasteiger partial charge in [-0.25, -0.2) is 9.37 Å². The lowest BCUT2D eigenvalue weighted by Gasteiger charge is -2.25. The van der Waals surface area contributed by atoms with E-state index in [1.165, 1.54) is 23.0 Å². The number of aliphatic hydroxyl groups excluding tert-OH is 1. The van der Waals surface area contributed by atoms with Crippen LogP contribution in [0, 0.1) is 5.82 Å². The Kier molecular flexibility index (Phi) is 5.63. The van der Waals surface area contributed by atoms with Gasteiger partial charge in [0.15, 0.2) is 0 Å². The van der Waals surface area contributed by atoms with E-state index in [1.807, 2.05) is 13.8 Å². The maximum absolute atomic E-state index is 14.1. The molecule has 1 aromatic carbocycles. The number of nitrogens with zero attached hydrogens (tertiary/aromatic N) is 4. The van der Waals surface area contributed by atoms with E-state index in [2.05, 4.69) is 15.4 Å². The van der Waals surface area contributed by atoms with Gasteiger partial charge in [-0.3, -0.25) is 14.0 Å². The largest absolute Gasteiger partial charge is 0.470 e. The number of benzene rings is 1. The molecule has 4 aromatic rings. The number of halogens is 2. The predicted molar refractivity (Wildman–Crippen MR) is 126 cm³/mol. The van der Waals surface area contributed by atoms with Crippen LogP contribution >= 0.6 is 11.6 Å². The second-order valence-corrected chi connectivity index (χ2v) is 9.27. The zero-order valence-electron chi connectivity index (χ0n) is 18.6. The van der Waals surface area contributed by atoms with Crippen molar-refractivity contribution in [2.75, 3.05) is 6.54 Å². The average Bonchev–Trinajstić information content (AvgIpc) is 3.33. The van der Waals surface area contributed by atoms with Crippen molar-refractivity contribution >= 4 is 22.5 Å². The van der Waals surface area contributed by atoms with Gasteiger partial charge in [-0.2, -0.15) is 5.10 Å². The fourth-order valence-corrected chi connectivity index (χ4v) is 4.34. The summed E-state index contributed by atoms with van der Waals surface area (Å²) in [5.74, 6) is -0.0910. The van der Waals surface area contributed by atoms with E-state index < -0.39 is 17.7 Å². The number of hydrogen-bond acceptors (Lipinski definition) is 6. The lowest BCUT2D eigenvalue weighted by atomic mass is 9.99. The fourth-order valence-electron chi connectivity index (χ4n) is 4.15. The molecule has 34 heavy (non-hydrogen) atoms. The van der Waals surface area contributed by atoms with Crippen LogP contribution in [0.3, 0.4) is 0 Å². The lowest BCUT2D eigenvalue weighted by Crippen LogP contribution is -2.44. The first-order valence-electron chi connectivity index (χ1n) is 10.8. The Hall–Kier alpha value is -3.27. The van der Waals surface area contributed by atoms with E-state index in [0.717, 1.165) is 0 Å². The van der Waals surface area contributed by atoms with Crippen LogP contribution in [0.5, 0.6) is 5.88 Å². The van der Waals surface area contributed by atoms with Crippen molar-refractivity contribution in [1.29, 1.82) is 0 Å². The van der Waals surface area contributed by atoms with Gasteiger partial charge in [0.2, 0.25) is 5.88 Å². The molecule has 1 saturated heterocycles. The summed E-state index contributed by atoms with van der Waals surface area (Å²) in [5, 5.41) is 18.6. The Morgan fingerprint density at radius 3 is 2.82 bits per heavy atom. The first-order valence-corrected chi connectivity index (χ1v) is 11.2. The van der Waals surface area contributed by atoms with Gasteiger partial charge in [-0.1, -0.05) is 29.8 Å². The molecule has 0 bridgehead atoms. The maximum Gasteiger partial charge on any atom is 0.266 e. The number of pyridine rings is 2. The number of ether oxygens (including phenoxy) is 1. The smallest absolute Gasteiger partial charge is 0.266 e. The molecule has 1 aliphatic heterocycles. The van der Waals surface area contributed by atoms with Crippen LogP contribution in [-0.4, -0.2) is 48.7 Å². The molecule has 4 heterocycles. The molecule has 176 valence electrons. The maximum atomic E-state index is 14.1. The zero-order valence-corrected chi connectivity index (χ0v) is 19.3. The van der Waals surface area contributed by atoms with Gasteiger partial charge >= 0.3 is 0 Å². The highest BCUT2D eigenvalue weighted by molar-refractivity contribution is 6.32. The van der Waals surface area contributed by atoms with E-state index in [-0.39, 0.29) is 28.8 Å². The van der Waals surface area contributed by atoms with Gasteiger partial charge in [-0.15, -0.1) is 0 Å². The van der Waals surface area contributed by atoms with Crippen LogP contribution < -0.4 is 15.6 Å². The highest BCUT2D eigenvalue weighted by Gasteiger charge is 2.42. The highest BCUT2D eigenvalue weighted by Crippen LogP contribution is 2.27. The summed E-state index contributed by atoms with van der Waals surface area (Å²) in [7, 11) is 0. The minimum atomic E-state index is -0.729. The van der Waals surface area contributed by atoms with Crippen LogP contribution in [0.15, 0.2) is 59.8 Å². The number of rotatable bonds is 5. The van der Waals surface area contributed by atoms with Crippen LogP contribution in [0.1, 0.15) is 19.4 Å². The molecule has 2 atom stereocenters. The second-order valence-electron chi connectivity index (χ2n) is 8.86. The van der Waals surface area contributed by atoms with E-state index in [0.29, 0.717) is 28.7 Å². The molecular formula is C24H23ClFN5O3. The summed E-state index contributed by atoms with van der Waals surface area (Å²) in [6.07, 6.45) is 3.24. The topological polar surface area (TPSA) is 94.2 Å². The zero-order chi connectivity index (χ0) is 24.0. The molecule has 1 fully saturated rings. The molecule has 0 radical (unpaired) electrons. The standard InChI is InChI=1S/C24H23ClFN5O3/c1-24(2)22(32)20(12-28-24)34-21-9-19(16(25)11-27-21)30-8-7-18-15(23(30)33)10-29-31(18)13-14-5-3-4-6-17(14)26/h3-11,20,22,28,32H,12-13H2,1-2H3/t20-,22-/m0/s1. The van der Waals surface area contributed by atoms with E-state index in [9.17, 15) is 14.3 Å². The Morgan fingerprint density at radius 1 is 1.29 bits per heavy atom. The molecule has 5 rings (SSSR count). The monoisotopic (exact) mass is 483 g/mol.